The van der Waals surface area contributed by atoms with E-state index >= 15 is 0 Å². The van der Waals surface area contributed by atoms with Gasteiger partial charge in [-0.05, 0) is 89.0 Å². The molecule has 0 bridgehead atoms. The average molecular weight is 417 g/mol. The third-order valence-electron chi connectivity index (χ3n) is 5.59. The summed E-state index contributed by atoms with van der Waals surface area (Å²) in [5.41, 5.74) is 4.50. The van der Waals surface area contributed by atoms with Crippen molar-refractivity contribution < 1.29 is 19.1 Å². The smallest absolute Gasteiger partial charge is 0.410 e. The molecule has 1 saturated heterocycles. The van der Waals surface area contributed by atoms with Gasteiger partial charge < -0.3 is 19.2 Å². The summed E-state index contributed by atoms with van der Waals surface area (Å²) in [7, 11) is 0. The third-order valence-corrected chi connectivity index (χ3v) is 5.59. The van der Waals surface area contributed by atoms with Crippen LogP contribution in [0, 0.1) is 0 Å². The van der Waals surface area contributed by atoms with Crippen LogP contribution < -0.4 is 0 Å². The number of nitrogens with zero attached hydrogens (tertiary/aromatic N) is 2. The average Bonchev–Trinajstić information content (AvgIpc) is 2.72. The van der Waals surface area contributed by atoms with Gasteiger partial charge in [-0.2, -0.15) is 0 Å². The maximum absolute atomic E-state index is 12.1. The lowest BCUT2D eigenvalue weighted by Gasteiger charge is -2.33. The largest absolute Gasteiger partial charge is 0.444 e. The van der Waals surface area contributed by atoms with Crippen molar-refractivity contribution in [3.05, 3.63) is 34.9 Å². The Morgan fingerprint density at radius 2 is 1.80 bits per heavy atom. The number of oxime groups is 1. The van der Waals surface area contributed by atoms with Crippen LogP contribution >= 0.6 is 0 Å². The Labute approximate surface area is 180 Å². The van der Waals surface area contributed by atoms with Crippen LogP contribution in [0.3, 0.4) is 0 Å². The van der Waals surface area contributed by atoms with E-state index in [-0.39, 0.29) is 12.2 Å². The van der Waals surface area contributed by atoms with Crippen LogP contribution in [0.2, 0.25) is 0 Å². The second-order valence-electron chi connectivity index (χ2n) is 9.24. The van der Waals surface area contributed by atoms with Gasteiger partial charge in [0.05, 0.1) is 18.4 Å². The van der Waals surface area contributed by atoms with Crippen molar-refractivity contribution in [1.29, 1.82) is 0 Å². The van der Waals surface area contributed by atoms with Gasteiger partial charge in [0.1, 0.15) is 12.2 Å². The summed E-state index contributed by atoms with van der Waals surface area (Å²) in [6, 6.07) is 6.63. The first-order chi connectivity index (χ1) is 14.3. The molecule has 6 heteroatoms. The van der Waals surface area contributed by atoms with E-state index in [0.29, 0.717) is 26.3 Å². The summed E-state index contributed by atoms with van der Waals surface area (Å²) in [5, 5.41) is 4.26. The van der Waals surface area contributed by atoms with Crippen LogP contribution in [0.4, 0.5) is 4.79 Å². The van der Waals surface area contributed by atoms with Gasteiger partial charge >= 0.3 is 6.09 Å². The van der Waals surface area contributed by atoms with E-state index in [2.05, 4.69) is 23.4 Å². The minimum atomic E-state index is -0.459. The van der Waals surface area contributed by atoms with E-state index in [9.17, 15) is 4.79 Å². The van der Waals surface area contributed by atoms with Crippen LogP contribution in [0.15, 0.2) is 23.4 Å². The molecule has 1 heterocycles. The quantitative estimate of drug-likeness (QED) is 0.382. The van der Waals surface area contributed by atoms with E-state index in [0.717, 1.165) is 30.5 Å². The Hall–Kier alpha value is -2.08. The highest BCUT2D eigenvalue weighted by Crippen LogP contribution is 2.22. The third kappa shape index (κ3) is 6.73. The highest BCUT2D eigenvalue weighted by atomic mass is 16.6. The number of amides is 1. The topological polar surface area (TPSA) is 60.4 Å². The molecule has 1 aliphatic heterocycles. The Morgan fingerprint density at radius 3 is 2.50 bits per heavy atom. The molecular formula is C24H36N2O4. The molecule has 0 N–H and O–H groups in total. The number of likely N-dealkylation sites (tertiary alicyclic amines) is 1. The number of carbonyl (C=O) groups excluding carboxylic acids is 1. The second-order valence-corrected chi connectivity index (χ2v) is 9.24. The van der Waals surface area contributed by atoms with Gasteiger partial charge in [0.25, 0.3) is 0 Å². The molecule has 0 radical (unpaired) electrons. The Bertz CT molecular complexity index is 746. The Morgan fingerprint density at radius 1 is 1.10 bits per heavy atom. The normalized spacial score (nSPS) is 18.1. The minimum absolute atomic E-state index is 0.151. The first-order valence-electron chi connectivity index (χ1n) is 11.2. The number of hydrogen-bond acceptors (Lipinski definition) is 5. The number of aryl methyl sites for hydroxylation is 2. The van der Waals surface area contributed by atoms with E-state index in [4.69, 9.17) is 14.3 Å². The molecule has 0 spiro atoms. The lowest BCUT2D eigenvalue weighted by atomic mass is 9.90. The van der Waals surface area contributed by atoms with Crippen LogP contribution in [0.1, 0.15) is 70.1 Å². The highest BCUT2D eigenvalue weighted by Gasteiger charge is 2.27. The van der Waals surface area contributed by atoms with Gasteiger partial charge in [-0.3, -0.25) is 0 Å². The van der Waals surface area contributed by atoms with Gasteiger partial charge in [0.15, 0.2) is 0 Å². The maximum atomic E-state index is 12.1. The summed E-state index contributed by atoms with van der Waals surface area (Å²) >= 11 is 0. The predicted octanol–water partition coefficient (Wildman–Crippen LogP) is 4.72. The van der Waals surface area contributed by atoms with Gasteiger partial charge in [0, 0.05) is 13.1 Å². The molecule has 2 aliphatic rings. The van der Waals surface area contributed by atoms with Crippen molar-refractivity contribution in [2.45, 2.75) is 77.9 Å². The maximum Gasteiger partial charge on any atom is 0.410 e. The Balaban J connectivity index is 1.34. The zero-order valence-corrected chi connectivity index (χ0v) is 18.9. The van der Waals surface area contributed by atoms with Crippen molar-refractivity contribution in [3.8, 4) is 0 Å². The van der Waals surface area contributed by atoms with Crippen LogP contribution in [-0.4, -0.2) is 54.7 Å². The molecule has 1 aromatic rings. The van der Waals surface area contributed by atoms with Crippen molar-refractivity contribution >= 4 is 11.8 Å². The number of piperidine rings is 1. The van der Waals surface area contributed by atoms with E-state index in [1.54, 1.807) is 4.90 Å². The summed E-state index contributed by atoms with van der Waals surface area (Å²) in [4.78, 5) is 19.3. The molecule has 1 amide bonds. The highest BCUT2D eigenvalue weighted by molar-refractivity contribution is 5.98. The van der Waals surface area contributed by atoms with E-state index < -0.39 is 5.60 Å². The summed E-state index contributed by atoms with van der Waals surface area (Å²) in [6.45, 7) is 9.89. The van der Waals surface area contributed by atoms with Crippen LogP contribution in [0.5, 0.6) is 0 Å². The molecule has 166 valence electrons. The Kier molecular flexibility index (Phi) is 7.75. The zero-order valence-electron chi connectivity index (χ0n) is 18.9. The molecule has 1 aliphatic carbocycles. The fraction of sp³-hybridized carbons (Fsp3) is 0.667. The fourth-order valence-electron chi connectivity index (χ4n) is 3.94. The predicted molar refractivity (Wildman–Crippen MR) is 118 cm³/mol. The summed E-state index contributed by atoms with van der Waals surface area (Å²) < 4.78 is 11.3. The van der Waals surface area contributed by atoms with Gasteiger partial charge in [0.2, 0.25) is 0 Å². The molecule has 1 aromatic carbocycles. The van der Waals surface area contributed by atoms with Crippen LogP contribution in [0.25, 0.3) is 0 Å². The number of benzene rings is 1. The number of hydrogen-bond donors (Lipinski definition) is 0. The van der Waals surface area contributed by atoms with E-state index in [1.807, 2.05) is 27.7 Å². The van der Waals surface area contributed by atoms with Gasteiger partial charge in [-0.15, -0.1) is 0 Å². The SMILES string of the molecule is CC(=NOCCOC1CCN(C(=O)OC(C)(C)C)CC1)c1ccc2c(c1)CCCC2. The molecule has 30 heavy (non-hydrogen) atoms. The van der Waals surface area contributed by atoms with Crippen molar-refractivity contribution in [2.24, 2.45) is 5.16 Å². The van der Waals surface area contributed by atoms with Gasteiger partial charge in [-0.1, -0.05) is 17.3 Å². The number of fused-ring (bicyclic) bond motifs is 1. The zero-order chi connectivity index (χ0) is 21.6. The monoisotopic (exact) mass is 416 g/mol. The first-order valence-corrected chi connectivity index (χ1v) is 11.2. The lowest BCUT2D eigenvalue weighted by molar-refractivity contribution is -0.0287. The standard InChI is InChI=1S/C24H36N2O4/c1-18(20-10-9-19-7-5-6-8-21(19)17-20)25-29-16-15-28-22-11-13-26(14-12-22)23(27)30-24(2,3)4/h9-10,17,22H,5-8,11-16H2,1-4H3. The molecule has 6 nitrogen and oxygen atoms in total. The lowest BCUT2D eigenvalue weighted by Crippen LogP contribution is -2.43. The van der Waals surface area contributed by atoms with Crippen LogP contribution in [-0.2, 0) is 27.2 Å². The van der Waals surface area contributed by atoms with Gasteiger partial charge in [-0.25, -0.2) is 4.79 Å². The number of carbonyl (C=O) groups is 1. The fourth-order valence-corrected chi connectivity index (χ4v) is 3.94. The number of ether oxygens (including phenoxy) is 2. The van der Waals surface area contributed by atoms with Crippen molar-refractivity contribution in [2.75, 3.05) is 26.3 Å². The molecule has 0 aromatic heterocycles. The molecular weight excluding hydrogens is 380 g/mol. The molecule has 0 saturated carbocycles. The number of rotatable bonds is 6. The summed E-state index contributed by atoms with van der Waals surface area (Å²) in [6.07, 6.45) is 6.47. The molecule has 0 atom stereocenters. The summed E-state index contributed by atoms with van der Waals surface area (Å²) in [5.74, 6) is 0. The van der Waals surface area contributed by atoms with Crippen molar-refractivity contribution in [1.82, 2.24) is 4.90 Å². The van der Waals surface area contributed by atoms with Crippen molar-refractivity contribution in [3.63, 3.8) is 0 Å². The second kappa shape index (κ2) is 10.3. The molecule has 0 unspecified atom stereocenters. The molecule has 1 fully saturated rings. The molecule has 3 rings (SSSR count). The first kappa shape index (κ1) is 22.6. The minimum Gasteiger partial charge on any atom is -0.444 e. The van der Waals surface area contributed by atoms with E-state index in [1.165, 1.54) is 30.4 Å².